The molecule has 0 aliphatic carbocycles. The Hall–Kier alpha value is -1.89. The van der Waals surface area contributed by atoms with Crippen LogP contribution in [0, 0.1) is 10.1 Å². The van der Waals surface area contributed by atoms with Gasteiger partial charge in [0.15, 0.2) is 5.75 Å². The third kappa shape index (κ3) is 2.67. The zero-order chi connectivity index (χ0) is 13.1. The number of nitro benzene ring substituents is 1. The molecule has 1 aromatic carbocycles. The second kappa shape index (κ2) is 5.18. The van der Waals surface area contributed by atoms with E-state index in [2.05, 4.69) is 21.0 Å². The van der Waals surface area contributed by atoms with Gasteiger partial charge in [0.1, 0.15) is 0 Å². The van der Waals surface area contributed by atoms with Gasteiger partial charge in [-0.15, -0.1) is 0 Å². The van der Waals surface area contributed by atoms with Crippen LogP contribution in [0.3, 0.4) is 0 Å². The maximum Gasteiger partial charge on any atom is 0.311 e. The van der Waals surface area contributed by atoms with Crippen LogP contribution in [0.2, 0.25) is 0 Å². The van der Waals surface area contributed by atoms with Gasteiger partial charge in [-0.1, -0.05) is 6.07 Å². The number of halogens is 1. The van der Waals surface area contributed by atoms with Gasteiger partial charge in [-0.3, -0.25) is 14.8 Å². The van der Waals surface area contributed by atoms with E-state index in [1.165, 1.54) is 13.2 Å². The zero-order valence-electron chi connectivity index (χ0n) is 9.54. The second-order valence-corrected chi connectivity index (χ2v) is 4.54. The Labute approximate surface area is 111 Å². The SMILES string of the molecule is COc1ccc(Cn2cc(Br)cn2)cc1[N+](=O)[O-]. The van der Waals surface area contributed by atoms with Crippen LogP contribution in [0.1, 0.15) is 5.56 Å². The van der Waals surface area contributed by atoms with Crippen molar-refractivity contribution in [3.63, 3.8) is 0 Å². The molecule has 7 heteroatoms. The molecule has 1 heterocycles. The molecular formula is C11H10BrN3O3. The average molecular weight is 312 g/mol. The number of nitrogens with zero attached hydrogens (tertiary/aromatic N) is 3. The molecule has 0 aliphatic rings. The summed E-state index contributed by atoms with van der Waals surface area (Å²) >= 11 is 3.29. The summed E-state index contributed by atoms with van der Waals surface area (Å²) in [6.45, 7) is 0.469. The van der Waals surface area contributed by atoms with Gasteiger partial charge >= 0.3 is 5.69 Å². The molecule has 0 spiro atoms. The van der Waals surface area contributed by atoms with Gasteiger partial charge in [0.05, 0.1) is 29.2 Å². The number of nitro groups is 1. The lowest BCUT2D eigenvalue weighted by Gasteiger charge is -2.05. The molecule has 0 bridgehead atoms. The molecule has 0 saturated carbocycles. The van der Waals surface area contributed by atoms with Crippen LogP contribution >= 0.6 is 15.9 Å². The van der Waals surface area contributed by atoms with E-state index in [1.54, 1.807) is 29.2 Å². The summed E-state index contributed by atoms with van der Waals surface area (Å²) in [6.07, 6.45) is 3.47. The Kier molecular flexibility index (Phi) is 3.61. The molecule has 0 N–H and O–H groups in total. The van der Waals surface area contributed by atoms with E-state index in [1.807, 2.05) is 0 Å². The first-order valence-corrected chi connectivity index (χ1v) is 5.88. The van der Waals surface area contributed by atoms with Crippen molar-refractivity contribution in [1.82, 2.24) is 9.78 Å². The van der Waals surface area contributed by atoms with Crippen LogP contribution in [0.5, 0.6) is 5.75 Å². The lowest BCUT2D eigenvalue weighted by Crippen LogP contribution is -2.01. The van der Waals surface area contributed by atoms with E-state index in [0.29, 0.717) is 6.54 Å². The van der Waals surface area contributed by atoms with Crippen molar-refractivity contribution >= 4 is 21.6 Å². The van der Waals surface area contributed by atoms with E-state index < -0.39 is 4.92 Å². The Morgan fingerprint density at radius 1 is 1.56 bits per heavy atom. The molecule has 0 fully saturated rings. The maximum absolute atomic E-state index is 10.9. The summed E-state index contributed by atoms with van der Waals surface area (Å²) in [6, 6.07) is 4.86. The van der Waals surface area contributed by atoms with Crippen molar-refractivity contribution < 1.29 is 9.66 Å². The summed E-state index contributed by atoms with van der Waals surface area (Å²) in [5.74, 6) is 0.255. The molecular weight excluding hydrogens is 302 g/mol. The lowest BCUT2D eigenvalue weighted by atomic mass is 10.2. The first-order chi connectivity index (χ1) is 8.60. The molecule has 0 unspecified atom stereocenters. The van der Waals surface area contributed by atoms with Crippen molar-refractivity contribution in [2.75, 3.05) is 7.11 Å². The van der Waals surface area contributed by atoms with Gasteiger partial charge in [0.25, 0.3) is 0 Å². The highest BCUT2D eigenvalue weighted by Crippen LogP contribution is 2.27. The van der Waals surface area contributed by atoms with Gasteiger partial charge in [-0.2, -0.15) is 5.10 Å². The van der Waals surface area contributed by atoms with E-state index in [9.17, 15) is 10.1 Å². The highest BCUT2D eigenvalue weighted by molar-refractivity contribution is 9.10. The summed E-state index contributed by atoms with van der Waals surface area (Å²) < 4.78 is 7.50. The van der Waals surface area contributed by atoms with Crippen molar-refractivity contribution in [1.29, 1.82) is 0 Å². The van der Waals surface area contributed by atoms with Gasteiger partial charge in [0.2, 0.25) is 0 Å². The first kappa shape index (κ1) is 12.6. The molecule has 6 nitrogen and oxygen atoms in total. The fourth-order valence-corrected chi connectivity index (χ4v) is 1.92. The number of hydrogen-bond donors (Lipinski definition) is 0. The normalized spacial score (nSPS) is 10.3. The molecule has 1 aromatic heterocycles. The van der Waals surface area contributed by atoms with Crippen LogP contribution in [0.4, 0.5) is 5.69 Å². The monoisotopic (exact) mass is 311 g/mol. The maximum atomic E-state index is 10.9. The zero-order valence-corrected chi connectivity index (χ0v) is 11.1. The number of aromatic nitrogens is 2. The summed E-state index contributed by atoms with van der Waals surface area (Å²) in [7, 11) is 1.41. The molecule has 2 rings (SSSR count). The predicted octanol–water partition coefficient (Wildman–Crippen LogP) is 2.61. The van der Waals surface area contributed by atoms with Crippen LogP contribution < -0.4 is 4.74 Å². The standard InChI is InChI=1S/C11H10BrN3O3/c1-18-11-3-2-8(4-10(11)15(16)17)6-14-7-9(12)5-13-14/h2-5,7H,6H2,1H3. The van der Waals surface area contributed by atoms with E-state index in [4.69, 9.17) is 4.74 Å². The molecule has 0 aliphatic heterocycles. The summed E-state index contributed by atoms with van der Waals surface area (Å²) in [5, 5.41) is 15.0. The largest absolute Gasteiger partial charge is 0.490 e. The third-order valence-electron chi connectivity index (χ3n) is 2.39. The van der Waals surface area contributed by atoms with E-state index in [0.717, 1.165) is 10.0 Å². The molecule has 18 heavy (non-hydrogen) atoms. The van der Waals surface area contributed by atoms with Crippen LogP contribution in [0.25, 0.3) is 0 Å². The van der Waals surface area contributed by atoms with Crippen molar-refractivity contribution in [3.8, 4) is 5.75 Å². The number of hydrogen-bond acceptors (Lipinski definition) is 4. The fraction of sp³-hybridized carbons (Fsp3) is 0.182. The van der Waals surface area contributed by atoms with Gasteiger partial charge in [-0.05, 0) is 27.6 Å². The minimum absolute atomic E-state index is 0.0405. The molecule has 0 amide bonds. The van der Waals surface area contributed by atoms with Crippen molar-refractivity contribution in [2.24, 2.45) is 0 Å². The molecule has 94 valence electrons. The quantitative estimate of drug-likeness (QED) is 0.643. The fourth-order valence-electron chi connectivity index (χ4n) is 1.59. The Morgan fingerprint density at radius 3 is 2.89 bits per heavy atom. The van der Waals surface area contributed by atoms with Crippen molar-refractivity contribution in [2.45, 2.75) is 6.54 Å². The Bertz CT molecular complexity index is 583. The topological polar surface area (TPSA) is 70.2 Å². The van der Waals surface area contributed by atoms with E-state index in [-0.39, 0.29) is 11.4 Å². The Morgan fingerprint density at radius 2 is 2.33 bits per heavy atom. The molecule has 0 radical (unpaired) electrons. The average Bonchev–Trinajstić information content (AvgIpc) is 2.74. The van der Waals surface area contributed by atoms with Gasteiger partial charge < -0.3 is 4.74 Å². The summed E-state index contributed by atoms with van der Waals surface area (Å²) in [4.78, 5) is 10.4. The van der Waals surface area contributed by atoms with Crippen LogP contribution in [-0.4, -0.2) is 21.8 Å². The molecule has 2 aromatic rings. The lowest BCUT2D eigenvalue weighted by molar-refractivity contribution is -0.385. The first-order valence-electron chi connectivity index (χ1n) is 5.09. The second-order valence-electron chi connectivity index (χ2n) is 3.62. The van der Waals surface area contributed by atoms with Crippen LogP contribution in [-0.2, 0) is 6.54 Å². The van der Waals surface area contributed by atoms with Crippen molar-refractivity contribution in [3.05, 3.63) is 50.7 Å². The highest BCUT2D eigenvalue weighted by Gasteiger charge is 2.15. The highest BCUT2D eigenvalue weighted by atomic mass is 79.9. The molecule has 0 saturated heterocycles. The third-order valence-corrected chi connectivity index (χ3v) is 2.80. The van der Waals surface area contributed by atoms with E-state index >= 15 is 0 Å². The Balaban J connectivity index is 2.29. The van der Waals surface area contributed by atoms with Gasteiger partial charge in [-0.25, -0.2) is 0 Å². The number of ether oxygens (including phenoxy) is 1. The number of methoxy groups -OCH3 is 1. The number of benzene rings is 1. The minimum Gasteiger partial charge on any atom is -0.490 e. The smallest absolute Gasteiger partial charge is 0.311 e. The van der Waals surface area contributed by atoms with Crippen LogP contribution in [0.15, 0.2) is 35.1 Å². The van der Waals surface area contributed by atoms with Gasteiger partial charge in [0, 0.05) is 12.3 Å². The summed E-state index contributed by atoms with van der Waals surface area (Å²) in [5.41, 5.74) is 0.749. The number of rotatable bonds is 4. The minimum atomic E-state index is -0.457. The molecule has 0 atom stereocenters. The predicted molar refractivity (Wildman–Crippen MR) is 68.7 cm³/mol.